The van der Waals surface area contributed by atoms with Gasteiger partial charge in [0.1, 0.15) is 6.54 Å². The van der Waals surface area contributed by atoms with Crippen LogP contribution in [0.15, 0.2) is 46.1 Å². The zero-order valence-corrected chi connectivity index (χ0v) is 11.9. The van der Waals surface area contributed by atoms with Gasteiger partial charge in [0.2, 0.25) is 5.91 Å². The van der Waals surface area contributed by atoms with Gasteiger partial charge in [-0.25, -0.2) is 4.79 Å². The normalized spacial score (nSPS) is 11.9. The fourth-order valence-electron chi connectivity index (χ4n) is 1.95. The van der Waals surface area contributed by atoms with Gasteiger partial charge in [0, 0.05) is 12.3 Å². The number of aryl methyl sites for hydroxylation is 1. The third-order valence-electron chi connectivity index (χ3n) is 3.17. The maximum atomic E-state index is 11.9. The molecule has 0 bridgehead atoms. The molecule has 1 atom stereocenters. The smallest absolute Gasteiger partial charge is 0.328 e. The molecule has 0 radical (unpaired) electrons. The Morgan fingerprint density at radius 2 is 1.90 bits per heavy atom. The molecule has 0 fully saturated rings. The van der Waals surface area contributed by atoms with Crippen LogP contribution in [0.5, 0.6) is 0 Å². The molecule has 6 nitrogen and oxygen atoms in total. The van der Waals surface area contributed by atoms with Crippen molar-refractivity contribution < 1.29 is 4.79 Å². The first kappa shape index (κ1) is 14.8. The summed E-state index contributed by atoms with van der Waals surface area (Å²) >= 11 is 0. The van der Waals surface area contributed by atoms with E-state index in [2.05, 4.69) is 10.3 Å². The van der Waals surface area contributed by atoms with E-state index in [1.807, 2.05) is 38.1 Å². The third kappa shape index (κ3) is 3.92. The maximum absolute atomic E-state index is 11.9. The van der Waals surface area contributed by atoms with Crippen molar-refractivity contribution in [1.82, 2.24) is 14.9 Å². The van der Waals surface area contributed by atoms with E-state index in [1.165, 1.54) is 12.3 Å². The number of rotatable bonds is 4. The minimum absolute atomic E-state index is 0.133. The van der Waals surface area contributed by atoms with Crippen molar-refractivity contribution in [2.24, 2.45) is 0 Å². The Balaban J connectivity index is 2.02. The van der Waals surface area contributed by atoms with Gasteiger partial charge in [-0.2, -0.15) is 0 Å². The third-order valence-corrected chi connectivity index (χ3v) is 3.17. The molecular weight excluding hydrogens is 270 g/mol. The molecule has 110 valence electrons. The van der Waals surface area contributed by atoms with Crippen LogP contribution in [0.2, 0.25) is 0 Å². The molecule has 0 spiro atoms. The summed E-state index contributed by atoms with van der Waals surface area (Å²) in [5.74, 6) is -0.294. The van der Waals surface area contributed by atoms with E-state index >= 15 is 0 Å². The molecule has 6 heteroatoms. The maximum Gasteiger partial charge on any atom is 0.328 e. The van der Waals surface area contributed by atoms with Gasteiger partial charge in [-0.05, 0) is 19.4 Å². The lowest BCUT2D eigenvalue weighted by atomic mass is 10.1. The molecule has 0 aliphatic heterocycles. The fourth-order valence-corrected chi connectivity index (χ4v) is 1.95. The molecule has 2 N–H and O–H groups in total. The summed E-state index contributed by atoms with van der Waals surface area (Å²) in [6.45, 7) is 3.74. The summed E-state index contributed by atoms with van der Waals surface area (Å²) < 4.78 is 1.15. The van der Waals surface area contributed by atoms with Gasteiger partial charge in [0.05, 0.1) is 6.04 Å². The van der Waals surface area contributed by atoms with E-state index in [1.54, 1.807) is 0 Å². The highest BCUT2D eigenvalue weighted by molar-refractivity contribution is 5.76. The lowest BCUT2D eigenvalue weighted by molar-refractivity contribution is -0.122. The first-order valence-electron chi connectivity index (χ1n) is 6.61. The van der Waals surface area contributed by atoms with E-state index < -0.39 is 11.2 Å². The van der Waals surface area contributed by atoms with E-state index in [9.17, 15) is 14.4 Å². The summed E-state index contributed by atoms with van der Waals surface area (Å²) in [7, 11) is 0. The summed E-state index contributed by atoms with van der Waals surface area (Å²) in [4.78, 5) is 36.5. The Labute approximate surface area is 121 Å². The van der Waals surface area contributed by atoms with Gasteiger partial charge < -0.3 is 5.32 Å². The molecule has 1 aromatic heterocycles. The zero-order valence-electron chi connectivity index (χ0n) is 11.9. The topological polar surface area (TPSA) is 84.0 Å². The second-order valence-electron chi connectivity index (χ2n) is 4.94. The number of carbonyl (C=O) groups excluding carboxylic acids is 1. The van der Waals surface area contributed by atoms with Crippen LogP contribution in [0.4, 0.5) is 0 Å². The molecule has 21 heavy (non-hydrogen) atoms. The van der Waals surface area contributed by atoms with Gasteiger partial charge in [-0.3, -0.25) is 19.1 Å². The minimum Gasteiger partial charge on any atom is -0.348 e. The summed E-state index contributed by atoms with van der Waals surface area (Å²) in [5.41, 5.74) is 1.06. The number of nitrogens with zero attached hydrogens (tertiary/aromatic N) is 1. The fraction of sp³-hybridized carbons (Fsp3) is 0.267. The standard InChI is InChI=1S/C15H17N3O3/c1-10-3-5-12(6-4-10)11(2)16-14(20)9-18-8-7-13(19)17-15(18)21/h3-8,11H,9H2,1-2H3,(H,16,20)(H,17,19,21). The predicted octanol–water partition coefficient (Wildman–Crippen LogP) is 0.722. The Bertz CT molecular complexity index is 744. The molecule has 0 aliphatic rings. The van der Waals surface area contributed by atoms with Crippen molar-refractivity contribution >= 4 is 5.91 Å². The van der Waals surface area contributed by atoms with Gasteiger partial charge in [0.25, 0.3) is 5.56 Å². The lowest BCUT2D eigenvalue weighted by Gasteiger charge is -2.15. The van der Waals surface area contributed by atoms with Crippen molar-refractivity contribution in [3.05, 3.63) is 68.5 Å². The van der Waals surface area contributed by atoms with Crippen LogP contribution in [0.3, 0.4) is 0 Å². The number of hydrogen-bond acceptors (Lipinski definition) is 3. The van der Waals surface area contributed by atoms with Crippen LogP contribution in [-0.4, -0.2) is 15.5 Å². The molecule has 1 aromatic carbocycles. The molecule has 2 rings (SSSR count). The number of amides is 1. The molecule has 2 aromatic rings. The van der Waals surface area contributed by atoms with E-state index in [-0.39, 0.29) is 18.5 Å². The van der Waals surface area contributed by atoms with Crippen molar-refractivity contribution in [3.63, 3.8) is 0 Å². The Kier molecular flexibility index (Phi) is 4.37. The monoisotopic (exact) mass is 287 g/mol. The second kappa shape index (κ2) is 6.21. The number of hydrogen-bond donors (Lipinski definition) is 2. The van der Waals surface area contributed by atoms with Gasteiger partial charge in [-0.15, -0.1) is 0 Å². The molecule has 0 saturated carbocycles. The van der Waals surface area contributed by atoms with Gasteiger partial charge >= 0.3 is 5.69 Å². The SMILES string of the molecule is Cc1ccc(C(C)NC(=O)Cn2ccc(=O)[nH]c2=O)cc1. The second-order valence-corrected chi connectivity index (χ2v) is 4.94. The highest BCUT2D eigenvalue weighted by atomic mass is 16.2. The van der Waals surface area contributed by atoms with Crippen molar-refractivity contribution in [3.8, 4) is 0 Å². The summed E-state index contributed by atoms with van der Waals surface area (Å²) in [6.07, 6.45) is 1.30. The lowest BCUT2D eigenvalue weighted by Crippen LogP contribution is -2.36. The van der Waals surface area contributed by atoms with E-state index in [4.69, 9.17) is 0 Å². The van der Waals surface area contributed by atoms with Crippen LogP contribution in [0.1, 0.15) is 24.1 Å². The van der Waals surface area contributed by atoms with Crippen LogP contribution < -0.4 is 16.6 Å². The highest BCUT2D eigenvalue weighted by Crippen LogP contribution is 2.12. The molecule has 0 aliphatic carbocycles. The summed E-state index contributed by atoms with van der Waals surface area (Å²) in [5, 5.41) is 2.82. The number of carbonyl (C=O) groups is 1. The van der Waals surface area contributed by atoms with Crippen molar-refractivity contribution in [2.75, 3.05) is 0 Å². The van der Waals surface area contributed by atoms with Crippen molar-refractivity contribution in [2.45, 2.75) is 26.4 Å². The van der Waals surface area contributed by atoms with E-state index in [0.717, 1.165) is 15.7 Å². The van der Waals surface area contributed by atoms with Gasteiger partial charge in [0.15, 0.2) is 0 Å². The predicted molar refractivity (Wildman–Crippen MR) is 79.1 cm³/mol. The van der Waals surface area contributed by atoms with Gasteiger partial charge in [-0.1, -0.05) is 29.8 Å². The average Bonchev–Trinajstić information content (AvgIpc) is 2.42. The first-order chi connectivity index (χ1) is 9.95. The number of aromatic amines is 1. The van der Waals surface area contributed by atoms with Crippen LogP contribution >= 0.6 is 0 Å². The molecule has 1 heterocycles. The zero-order chi connectivity index (χ0) is 15.4. The largest absolute Gasteiger partial charge is 0.348 e. The number of benzene rings is 1. The molecule has 1 amide bonds. The van der Waals surface area contributed by atoms with Crippen LogP contribution in [0, 0.1) is 6.92 Å². The number of aromatic nitrogens is 2. The molecular formula is C15H17N3O3. The molecule has 0 saturated heterocycles. The van der Waals surface area contributed by atoms with Crippen molar-refractivity contribution in [1.29, 1.82) is 0 Å². The Morgan fingerprint density at radius 3 is 2.52 bits per heavy atom. The Hall–Kier alpha value is -2.63. The van der Waals surface area contributed by atoms with Crippen LogP contribution in [0.25, 0.3) is 0 Å². The highest BCUT2D eigenvalue weighted by Gasteiger charge is 2.10. The number of nitrogens with one attached hydrogen (secondary N) is 2. The first-order valence-corrected chi connectivity index (χ1v) is 6.61. The quantitative estimate of drug-likeness (QED) is 0.869. The van der Waals surface area contributed by atoms with Crippen LogP contribution in [-0.2, 0) is 11.3 Å². The van der Waals surface area contributed by atoms with E-state index in [0.29, 0.717) is 0 Å². The average molecular weight is 287 g/mol. The number of H-pyrrole nitrogens is 1. The minimum atomic E-state index is -0.597. The molecule has 1 unspecified atom stereocenters. The summed E-state index contributed by atoms with van der Waals surface area (Å²) in [6, 6.07) is 8.91. The Morgan fingerprint density at radius 1 is 1.24 bits per heavy atom.